The van der Waals surface area contributed by atoms with Crippen molar-refractivity contribution in [2.75, 3.05) is 13.1 Å². The fourth-order valence-electron chi connectivity index (χ4n) is 1.51. The molecule has 1 amide bonds. The Labute approximate surface area is 73.4 Å². The minimum atomic E-state index is -0.591. The molecule has 1 rings (SSSR count). The average molecular weight is 171 g/mol. The van der Waals surface area contributed by atoms with Gasteiger partial charge in [0.1, 0.15) is 0 Å². The zero-order valence-corrected chi connectivity index (χ0v) is 8.00. The highest BCUT2D eigenvalue weighted by atomic mass is 16.3. The molecule has 0 aromatic carbocycles. The van der Waals surface area contributed by atoms with Crippen LogP contribution in [0.2, 0.25) is 0 Å². The van der Waals surface area contributed by atoms with Gasteiger partial charge < -0.3 is 10.0 Å². The van der Waals surface area contributed by atoms with Crippen molar-refractivity contribution in [1.29, 1.82) is 0 Å². The lowest BCUT2D eigenvalue weighted by molar-refractivity contribution is -0.135. The van der Waals surface area contributed by atoms with Gasteiger partial charge in [-0.25, -0.2) is 0 Å². The van der Waals surface area contributed by atoms with E-state index in [1.54, 1.807) is 11.8 Å². The third-order valence-electron chi connectivity index (χ3n) is 2.89. The Bertz CT molecular complexity index is 189. The second-order valence-corrected chi connectivity index (χ2v) is 3.97. The Balaban J connectivity index is 2.58. The number of hydrogen-bond acceptors (Lipinski definition) is 2. The van der Waals surface area contributed by atoms with Gasteiger partial charge in [0, 0.05) is 25.9 Å². The van der Waals surface area contributed by atoms with Gasteiger partial charge in [-0.1, -0.05) is 6.92 Å². The standard InChI is InChI=1S/C9H17NO2/c1-7-6-10(8(2)11)5-4-9(7,3)12/h7,12H,4-6H2,1-3H3. The highest BCUT2D eigenvalue weighted by molar-refractivity contribution is 5.73. The van der Waals surface area contributed by atoms with Crippen LogP contribution in [0, 0.1) is 5.92 Å². The predicted molar refractivity (Wildman–Crippen MR) is 46.7 cm³/mol. The Morgan fingerprint density at radius 3 is 2.67 bits per heavy atom. The number of rotatable bonds is 0. The third-order valence-corrected chi connectivity index (χ3v) is 2.89. The molecule has 0 aliphatic carbocycles. The zero-order chi connectivity index (χ0) is 9.35. The SMILES string of the molecule is CC(=O)N1CCC(C)(O)C(C)C1. The van der Waals surface area contributed by atoms with Crippen molar-refractivity contribution in [3.05, 3.63) is 0 Å². The van der Waals surface area contributed by atoms with Crippen LogP contribution >= 0.6 is 0 Å². The molecule has 0 spiro atoms. The summed E-state index contributed by atoms with van der Waals surface area (Å²) in [6.07, 6.45) is 0.688. The van der Waals surface area contributed by atoms with E-state index in [0.717, 1.165) is 0 Å². The molecule has 3 nitrogen and oxygen atoms in total. The van der Waals surface area contributed by atoms with E-state index in [0.29, 0.717) is 19.5 Å². The van der Waals surface area contributed by atoms with E-state index in [2.05, 4.69) is 0 Å². The summed E-state index contributed by atoms with van der Waals surface area (Å²) in [6, 6.07) is 0. The molecule has 12 heavy (non-hydrogen) atoms. The van der Waals surface area contributed by atoms with Crippen LogP contribution in [-0.2, 0) is 4.79 Å². The number of likely N-dealkylation sites (tertiary alicyclic amines) is 1. The van der Waals surface area contributed by atoms with E-state index < -0.39 is 5.60 Å². The monoisotopic (exact) mass is 171 g/mol. The molecule has 1 N–H and O–H groups in total. The molecule has 0 saturated carbocycles. The van der Waals surface area contributed by atoms with Crippen LogP contribution < -0.4 is 0 Å². The summed E-state index contributed by atoms with van der Waals surface area (Å²) in [4.78, 5) is 12.8. The minimum Gasteiger partial charge on any atom is -0.390 e. The molecular formula is C9H17NO2. The Hall–Kier alpha value is -0.570. The van der Waals surface area contributed by atoms with Crippen LogP contribution in [-0.4, -0.2) is 34.6 Å². The summed E-state index contributed by atoms with van der Waals surface area (Å²) < 4.78 is 0. The van der Waals surface area contributed by atoms with E-state index in [-0.39, 0.29) is 11.8 Å². The Morgan fingerprint density at radius 2 is 2.25 bits per heavy atom. The lowest BCUT2D eigenvalue weighted by Gasteiger charge is -2.40. The van der Waals surface area contributed by atoms with Gasteiger partial charge in [-0.15, -0.1) is 0 Å². The van der Waals surface area contributed by atoms with Crippen LogP contribution in [0.3, 0.4) is 0 Å². The van der Waals surface area contributed by atoms with Crippen LogP contribution in [0.15, 0.2) is 0 Å². The van der Waals surface area contributed by atoms with Gasteiger partial charge in [0.2, 0.25) is 5.91 Å². The largest absolute Gasteiger partial charge is 0.390 e. The predicted octanol–water partition coefficient (Wildman–Crippen LogP) is 0.626. The van der Waals surface area contributed by atoms with Gasteiger partial charge >= 0.3 is 0 Å². The van der Waals surface area contributed by atoms with Crippen molar-refractivity contribution < 1.29 is 9.90 Å². The molecule has 0 bridgehead atoms. The fraction of sp³-hybridized carbons (Fsp3) is 0.889. The second kappa shape index (κ2) is 3.05. The summed E-state index contributed by atoms with van der Waals surface area (Å²) >= 11 is 0. The molecule has 1 heterocycles. The summed E-state index contributed by atoms with van der Waals surface area (Å²) in [6.45, 7) is 6.77. The smallest absolute Gasteiger partial charge is 0.219 e. The van der Waals surface area contributed by atoms with E-state index in [9.17, 15) is 9.90 Å². The van der Waals surface area contributed by atoms with E-state index in [1.807, 2.05) is 13.8 Å². The molecule has 1 aliphatic heterocycles. The number of amides is 1. The Kier molecular flexibility index (Phi) is 2.42. The van der Waals surface area contributed by atoms with Crippen molar-refractivity contribution in [2.24, 2.45) is 5.92 Å². The topological polar surface area (TPSA) is 40.5 Å². The number of carbonyl (C=O) groups excluding carboxylic acids is 1. The minimum absolute atomic E-state index is 0.109. The molecule has 0 radical (unpaired) electrons. The van der Waals surface area contributed by atoms with Gasteiger partial charge in [0.25, 0.3) is 0 Å². The maximum Gasteiger partial charge on any atom is 0.219 e. The van der Waals surface area contributed by atoms with E-state index >= 15 is 0 Å². The van der Waals surface area contributed by atoms with Gasteiger partial charge in [0.15, 0.2) is 0 Å². The maximum absolute atomic E-state index is 11.0. The van der Waals surface area contributed by atoms with E-state index in [4.69, 9.17) is 0 Å². The molecule has 70 valence electrons. The van der Waals surface area contributed by atoms with Crippen LogP contribution in [0.5, 0.6) is 0 Å². The first-order valence-electron chi connectivity index (χ1n) is 4.41. The molecular weight excluding hydrogens is 154 g/mol. The summed E-state index contributed by atoms with van der Waals surface area (Å²) in [5.41, 5.74) is -0.591. The first kappa shape index (κ1) is 9.52. The lowest BCUT2D eigenvalue weighted by atomic mass is 9.84. The van der Waals surface area contributed by atoms with Gasteiger partial charge in [0.05, 0.1) is 5.60 Å². The van der Waals surface area contributed by atoms with Crippen LogP contribution in [0.1, 0.15) is 27.2 Å². The molecule has 2 atom stereocenters. The normalized spacial score (nSPS) is 36.7. The average Bonchev–Trinajstić information content (AvgIpc) is 1.94. The summed E-state index contributed by atoms with van der Waals surface area (Å²) in [7, 11) is 0. The quantitative estimate of drug-likeness (QED) is 0.580. The first-order chi connectivity index (χ1) is 5.43. The molecule has 3 heteroatoms. The summed E-state index contributed by atoms with van der Waals surface area (Å²) in [5, 5.41) is 9.80. The van der Waals surface area contributed by atoms with Crippen molar-refractivity contribution in [3.8, 4) is 0 Å². The van der Waals surface area contributed by atoms with Crippen molar-refractivity contribution in [2.45, 2.75) is 32.8 Å². The van der Waals surface area contributed by atoms with Crippen molar-refractivity contribution in [1.82, 2.24) is 4.90 Å². The summed E-state index contributed by atoms with van der Waals surface area (Å²) in [5.74, 6) is 0.285. The maximum atomic E-state index is 11.0. The molecule has 2 unspecified atom stereocenters. The molecule has 0 aromatic rings. The third kappa shape index (κ3) is 1.78. The number of piperidine rings is 1. The van der Waals surface area contributed by atoms with Gasteiger partial charge in [-0.2, -0.15) is 0 Å². The molecule has 0 aromatic heterocycles. The number of carbonyl (C=O) groups is 1. The fourth-order valence-corrected chi connectivity index (χ4v) is 1.51. The number of hydrogen-bond donors (Lipinski definition) is 1. The van der Waals surface area contributed by atoms with Crippen LogP contribution in [0.25, 0.3) is 0 Å². The van der Waals surface area contributed by atoms with Crippen molar-refractivity contribution in [3.63, 3.8) is 0 Å². The highest BCUT2D eigenvalue weighted by Gasteiger charge is 2.34. The Morgan fingerprint density at radius 1 is 1.67 bits per heavy atom. The number of nitrogens with zero attached hydrogens (tertiary/aromatic N) is 1. The lowest BCUT2D eigenvalue weighted by Crippen LogP contribution is -2.50. The van der Waals surface area contributed by atoms with E-state index in [1.165, 1.54) is 0 Å². The first-order valence-corrected chi connectivity index (χ1v) is 4.41. The number of aliphatic hydroxyl groups is 1. The second-order valence-electron chi connectivity index (χ2n) is 3.97. The van der Waals surface area contributed by atoms with Crippen molar-refractivity contribution >= 4 is 5.91 Å². The molecule has 1 saturated heterocycles. The van der Waals surface area contributed by atoms with Crippen LogP contribution in [0.4, 0.5) is 0 Å². The molecule has 1 fully saturated rings. The molecule has 1 aliphatic rings. The highest BCUT2D eigenvalue weighted by Crippen LogP contribution is 2.26. The zero-order valence-electron chi connectivity index (χ0n) is 8.00. The van der Waals surface area contributed by atoms with Gasteiger partial charge in [-0.3, -0.25) is 4.79 Å². The van der Waals surface area contributed by atoms with Gasteiger partial charge in [-0.05, 0) is 13.3 Å².